The molecule has 0 spiro atoms. The summed E-state index contributed by atoms with van der Waals surface area (Å²) in [4.78, 5) is 3.90. The molecule has 1 aliphatic rings. The second-order valence-electron chi connectivity index (χ2n) is 10.7. The summed E-state index contributed by atoms with van der Waals surface area (Å²) in [5.74, 6) is 1.42. The van der Waals surface area contributed by atoms with Gasteiger partial charge in [-0.1, -0.05) is 52.5 Å². The Kier molecular flexibility index (Phi) is 13.4. The number of allylic oxidation sites excluding steroid dienone is 2. The number of halogens is 4. The van der Waals surface area contributed by atoms with Gasteiger partial charge in [-0.15, -0.1) is 0 Å². The number of fused-ring (bicyclic) bond motifs is 2. The van der Waals surface area contributed by atoms with E-state index in [0.29, 0.717) is 44.8 Å². The van der Waals surface area contributed by atoms with Gasteiger partial charge in [0.2, 0.25) is 0 Å². The predicted molar refractivity (Wildman–Crippen MR) is 179 cm³/mol. The molecule has 0 fully saturated rings. The van der Waals surface area contributed by atoms with Gasteiger partial charge in [0.05, 0.1) is 70.0 Å². The average Bonchev–Trinajstić information content (AvgIpc) is 3.39. The quantitative estimate of drug-likeness (QED) is 0.156. The monoisotopic (exact) mass is 760 g/mol. The molecule has 46 heavy (non-hydrogen) atoms. The van der Waals surface area contributed by atoms with Crippen LogP contribution in [-0.2, 0) is 33.3 Å². The topological polar surface area (TPSA) is 130 Å². The summed E-state index contributed by atoms with van der Waals surface area (Å²) in [6.45, 7) is 8.22. The fraction of sp³-hybridized carbons (Fsp3) is 0.414. The van der Waals surface area contributed by atoms with Gasteiger partial charge in [0, 0.05) is 43.0 Å². The van der Waals surface area contributed by atoms with Gasteiger partial charge in [-0.3, -0.25) is 0 Å². The minimum atomic E-state index is -4.48. The molecule has 0 radical (unpaired) electrons. The van der Waals surface area contributed by atoms with E-state index in [1.54, 1.807) is 24.3 Å². The maximum atomic E-state index is 11.6. The van der Waals surface area contributed by atoms with Crippen molar-refractivity contribution < 1.29 is 60.1 Å². The van der Waals surface area contributed by atoms with Gasteiger partial charge in [0.25, 0.3) is 5.82 Å². The van der Waals surface area contributed by atoms with Crippen LogP contribution in [0.25, 0.3) is 17.1 Å². The third-order valence-corrected chi connectivity index (χ3v) is 11.8. The summed E-state index contributed by atoms with van der Waals surface area (Å²) in [7, 11) is -8.96. The van der Waals surface area contributed by atoms with E-state index in [4.69, 9.17) is 46.4 Å². The van der Waals surface area contributed by atoms with E-state index in [0.717, 1.165) is 22.4 Å². The molecule has 2 atom stereocenters. The van der Waals surface area contributed by atoms with Crippen molar-refractivity contribution in [3.63, 3.8) is 0 Å². The van der Waals surface area contributed by atoms with Crippen LogP contribution < -0.4 is 43.9 Å². The molecule has 246 valence electrons. The molecule has 17 heteroatoms. The smallest absolute Gasteiger partial charge is 0.748 e. The number of hydrogen-bond donors (Lipinski definition) is 0. The Bertz CT molecular complexity index is 1900. The van der Waals surface area contributed by atoms with E-state index >= 15 is 0 Å². The molecule has 2 aromatic carbocycles. The van der Waals surface area contributed by atoms with Gasteiger partial charge in [0.15, 0.2) is 11.0 Å². The van der Waals surface area contributed by atoms with Crippen LogP contribution in [0.2, 0.25) is 20.1 Å². The van der Waals surface area contributed by atoms with Crippen molar-refractivity contribution in [2.24, 2.45) is 0 Å². The molecule has 0 N–H and O–H groups in total. The molecule has 1 aliphatic heterocycles. The summed E-state index contributed by atoms with van der Waals surface area (Å²) in [5, 5.41) is -0.817. The van der Waals surface area contributed by atoms with E-state index < -0.39 is 30.7 Å². The van der Waals surface area contributed by atoms with Gasteiger partial charge in [-0.25, -0.2) is 26.0 Å². The first-order valence-electron chi connectivity index (χ1n) is 14.2. The Labute approximate surface area is 312 Å². The van der Waals surface area contributed by atoms with Crippen LogP contribution in [0, 0.1) is 0 Å². The Morgan fingerprint density at radius 2 is 1.33 bits per heavy atom. The zero-order valence-electron chi connectivity index (χ0n) is 26.0. The maximum Gasteiger partial charge on any atom is 1.00 e. The molecular weight excluding hydrogens is 729 g/mol. The first kappa shape index (κ1) is 39.4. The second kappa shape index (κ2) is 15.7. The third kappa shape index (κ3) is 8.39. The molecule has 0 aliphatic carbocycles. The number of aromatic nitrogens is 2. The number of rotatable bonds is 12. The number of aryl methyl sites for hydroxylation is 2. The number of benzene rings is 2. The fourth-order valence-corrected chi connectivity index (χ4v) is 6.75. The maximum absolute atomic E-state index is 11.6. The first-order chi connectivity index (χ1) is 21.0. The van der Waals surface area contributed by atoms with E-state index in [9.17, 15) is 25.9 Å². The van der Waals surface area contributed by atoms with Gasteiger partial charge >= 0.3 is 29.6 Å². The molecule has 3 aromatic rings. The van der Waals surface area contributed by atoms with Crippen molar-refractivity contribution >= 4 is 95.1 Å². The SMILES string of the molecule is CCN1C(=CC=Cc2n(CC)c3cc(Cl)c(Cl)cc3[n+]2CCC(C)S(=O)(=O)[O-])N(CCC(C)S(=O)(=O)[O-])c2cc(Cl)c(Cl)cc21.[Na+]. The molecule has 0 amide bonds. The van der Waals surface area contributed by atoms with E-state index in [1.165, 1.54) is 13.8 Å². The van der Waals surface area contributed by atoms with Crippen LogP contribution in [-0.4, -0.2) is 54.1 Å². The average molecular weight is 763 g/mol. The van der Waals surface area contributed by atoms with Gasteiger partial charge in [0.1, 0.15) is 5.82 Å². The molecule has 0 saturated heterocycles. The van der Waals surface area contributed by atoms with E-state index in [2.05, 4.69) is 0 Å². The Morgan fingerprint density at radius 3 is 1.87 bits per heavy atom. The number of imidazole rings is 1. The minimum absolute atomic E-state index is 0. The van der Waals surface area contributed by atoms with Crippen LogP contribution in [0.15, 0.2) is 42.2 Å². The van der Waals surface area contributed by atoms with Crippen molar-refractivity contribution in [2.75, 3.05) is 22.9 Å². The Hall–Kier alpha value is -1.03. The van der Waals surface area contributed by atoms with Crippen molar-refractivity contribution in [2.45, 2.75) is 64.1 Å². The Morgan fingerprint density at radius 1 is 0.804 bits per heavy atom. The summed E-state index contributed by atoms with van der Waals surface area (Å²) in [6.07, 6.45) is 5.69. The van der Waals surface area contributed by atoms with E-state index in [1.807, 2.05) is 51.0 Å². The number of nitrogens with zero attached hydrogens (tertiary/aromatic N) is 4. The molecule has 1 aromatic heterocycles. The van der Waals surface area contributed by atoms with Crippen LogP contribution in [0.5, 0.6) is 0 Å². The standard InChI is InChI=1S/C29H34Cl4N4O6S2.Na/c1-5-34-24-14-20(30)22(32)16-26(24)36(12-10-18(3)44(38,39)40)28(34)8-7-9-29-35(6-2)25-15-21(31)23(33)17-27(25)37(29)13-11-19(4)45(41,42)43;/h7-9,14-19H,5-6,10-13H2,1-4H3,(H-,38,39,40,41,42,43);/q;+1/p-1. The number of hydrogen-bond acceptors (Lipinski definition) is 8. The molecule has 0 saturated carbocycles. The largest absolute Gasteiger partial charge is 1.00 e. The summed E-state index contributed by atoms with van der Waals surface area (Å²) in [5.41, 5.74) is 2.99. The van der Waals surface area contributed by atoms with E-state index in [-0.39, 0.29) is 55.5 Å². The minimum Gasteiger partial charge on any atom is -0.748 e. The zero-order valence-corrected chi connectivity index (χ0v) is 32.7. The van der Waals surface area contributed by atoms with Crippen LogP contribution in [0.3, 0.4) is 0 Å². The Balaban J connectivity index is 0.00000576. The molecule has 4 rings (SSSR count). The van der Waals surface area contributed by atoms with Crippen molar-refractivity contribution in [1.29, 1.82) is 0 Å². The first-order valence-corrected chi connectivity index (χ1v) is 18.7. The molecule has 2 heterocycles. The third-order valence-electron chi connectivity index (χ3n) is 7.93. The fourth-order valence-electron chi connectivity index (χ4n) is 5.33. The molecule has 10 nitrogen and oxygen atoms in total. The molecule has 2 unspecified atom stereocenters. The molecular formula is C29H33Cl4N4NaO6S2. The van der Waals surface area contributed by atoms with Gasteiger partial charge in [-0.2, -0.15) is 0 Å². The summed E-state index contributed by atoms with van der Waals surface area (Å²) >= 11 is 25.5. The van der Waals surface area contributed by atoms with Crippen molar-refractivity contribution in [3.8, 4) is 0 Å². The molecule has 0 bridgehead atoms. The van der Waals surface area contributed by atoms with Crippen molar-refractivity contribution in [1.82, 2.24) is 4.57 Å². The van der Waals surface area contributed by atoms with Crippen molar-refractivity contribution in [3.05, 3.63) is 68.2 Å². The zero-order chi connectivity index (χ0) is 33.4. The van der Waals surface area contributed by atoms with Crippen LogP contribution in [0.1, 0.15) is 46.4 Å². The normalized spacial score (nSPS) is 16.0. The van der Waals surface area contributed by atoms with Crippen LogP contribution in [0.4, 0.5) is 11.4 Å². The summed E-state index contributed by atoms with van der Waals surface area (Å²) in [6, 6.07) is 6.92. The number of anilines is 2. The summed E-state index contributed by atoms with van der Waals surface area (Å²) < 4.78 is 73.8. The second-order valence-corrected chi connectivity index (χ2v) is 15.9. The predicted octanol–water partition coefficient (Wildman–Crippen LogP) is 3.42. The van der Waals surface area contributed by atoms with Crippen LogP contribution >= 0.6 is 46.4 Å². The van der Waals surface area contributed by atoms with Gasteiger partial charge < -0.3 is 18.9 Å². The van der Waals surface area contributed by atoms with Gasteiger partial charge in [-0.05, 0) is 52.3 Å².